The van der Waals surface area contributed by atoms with Gasteiger partial charge in [0.15, 0.2) is 49.6 Å². The predicted molar refractivity (Wildman–Crippen MR) is 442 cm³/mol. The number of halogens is 8. The van der Waals surface area contributed by atoms with Gasteiger partial charge in [-0.25, -0.2) is 18.3 Å². The van der Waals surface area contributed by atoms with E-state index in [9.17, 15) is 0 Å². The molecule has 0 spiro atoms. The number of likely N-dealkylation sites (tertiary alicyclic amines) is 4. The second kappa shape index (κ2) is 54.0. The van der Waals surface area contributed by atoms with Crippen LogP contribution in [0.1, 0.15) is 245 Å². The van der Waals surface area contributed by atoms with Crippen molar-refractivity contribution in [2.45, 2.75) is 204 Å². The maximum Gasteiger partial charge on any atom is 0.173 e. The number of alkyl halides is 4. The van der Waals surface area contributed by atoms with Gasteiger partial charge in [0.05, 0.1) is 0 Å². The number of unbranched alkanes of at least 4 members (excludes halogenated alkanes) is 8. The second-order valence-corrected chi connectivity index (χ2v) is 31.1. The molecule has 10 rings (SSSR count). The van der Waals surface area contributed by atoms with Gasteiger partial charge < -0.3 is 67.9 Å². The molecule has 4 atom stereocenters. The fourth-order valence-electron chi connectivity index (χ4n) is 14.1. The summed E-state index contributed by atoms with van der Waals surface area (Å²) in [6, 6.07) is 28.6. The lowest BCUT2D eigenvalue weighted by Crippen LogP contribution is -3.00. The molecule has 16 heteroatoms. The molecule has 0 bridgehead atoms. The van der Waals surface area contributed by atoms with Gasteiger partial charge in [0.1, 0.15) is 26.2 Å². The largest absolute Gasteiger partial charge is 1.00 e. The lowest BCUT2D eigenvalue weighted by atomic mass is 9.98. The van der Waals surface area contributed by atoms with Gasteiger partial charge in [-0.05, 0) is 180 Å². The lowest BCUT2D eigenvalue weighted by molar-refractivity contribution is -0.697. The van der Waals surface area contributed by atoms with Gasteiger partial charge in [-0.3, -0.25) is 19.6 Å². The normalized spacial score (nSPS) is 16.3. The van der Waals surface area contributed by atoms with E-state index in [4.69, 9.17) is 0 Å². The highest BCUT2D eigenvalue weighted by Gasteiger charge is 2.28. The van der Waals surface area contributed by atoms with Gasteiger partial charge >= 0.3 is 0 Å². The fourth-order valence-corrected chi connectivity index (χ4v) is 15.3. The van der Waals surface area contributed by atoms with E-state index in [1.54, 1.807) is 0 Å². The quantitative estimate of drug-likeness (QED) is 0.0368. The Hall–Kier alpha value is -4.80. The Morgan fingerprint density at radius 1 is 0.296 bits per heavy atom. The molecule has 4 aliphatic heterocycles. The smallest absolute Gasteiger partial charge is 0.173 e. The molecule has 2 aromatic carbocycles. The zero-order valence-corrected chi connectivity index (χ0v) is 76.6. The van der Waals surface area contributed by atoms with Crippen molar-refractivity contribution in [3.63, 3.8) is 0 Å². The summed E-state index contributed by atoms with van der Waals surface area (Å²) >= 11 is 13.9. The van der Waals surface area contributed by atoms with Crippen LogP contribution < -0.4 is 86.2 Å². The molecule has 4 saturated heterocycles. The summed E-state index contributed by atoms with van der Waals surface area (Å²) < 4.78 is 9.38. The first-order valence-electron chi connectivity index (χ1n) is 38.4. The number of hydrogen-bond donors (Lipinski definition) is 0. The minimum Gasteiger partial charge on any atom is -1.00 e. The summed E-state index contributed by atoms with van der Waals surface area (Å²) in [4.78, 5) is 9.94. The van der Waals surface area contributed by atoms with Gasteiger partial charge in [0, 0.05) is 214 Å². The third-order valence-corrected chi connectivity index (χ3v) is 22.1. The molecule has 572 valence electrons. The first-order chi connectivity index (χ1) is 51.1. The van der Waals surface area contributed by atoms with E-state index in [-0.39, 0.29) is 67.9 Å². The molecule has 4 fully saturated rings. The number of nitrogens with zero attached hydrogens (tertiary/aromatic N) is 8. The number of aryl methyl sites for hydroxylation is 4. The van der Waals surface area contributed by atoms with E-state index in [1.807, 2.05) is 0 Å². The molecular weight excluding hydrogens is 1860 g/mol. The highest BCUT2D eigenvalue weighted by atomic mass is 79.9. The molecule has 8 nitrogen and oxygen atoms in total. The molecule has 4 unspecified atom stereocenters. The van der Waals surface area contributed by atoms with Crippen LogP contribution in [0.15, 0.2) is 122 Å². The van der Waals surface area contributed by atoms with Crippen molar-refractivity contribution >= 4 is 63.7 Å². The molecule has 0 N–H and O–H groups in total. The van der Waals surface area contributed by atoms with Crippen LogP contribution in [-0.2, 0) is 26.2 Å². The van der Waals surface area contributed by atoms with Gasteiger partial charge in [0.2, 0.25) is 0 Å². The van der Waals surface area contributed by atoms with Crippen LogP contribution >= 0.6 is 63.7 Å². The van der Waals surface area contributed by atoms with Crippen molar-refractivity contribution in [1.82, 2.24) is 19.6 Å². The van der Waals surface area contributed by atoms with Crippen LogP contribution in [0, 0.1) is 94.7 Å². The van der Waals surface area contributed by atoms with E-state index in [0.29, 0.717) is 24.2 Å². The summed E-state index contributed by atoms with van der Waals surface area (Å²) in [5, 5.41) is 3.87. The zero-order chi connectivity index (χ0) is 72.8. The third-order valence-electron chi connectivity index (χ3n) is 19.9. The molecule has 0 radical (unpaired) electrons. The van der Waals surface area contributed by atoms with Crippen LogP contribution in [-0.4, -0.2) is 95.3 Å². The van der Waals surface area contributed by atoms with E-state index >= 15 is 0 Å². The second-order valence-electron chi connectivity index (χ2n) is 27.9. The Morgan fingerprint density at radius 3 is 0.648 bits per heavy atom. The average molecular weight is 1970 g/mol. The Morgan fingerprint density at radius 2 is 0.481 bits per heavy atom. The molecule has 0 saturated carbocycles. The van der Waals surface area contributed by atoms with E-state index in [0.717, 1.165) is 195 Å². The number of benzene rings is 2. The molecular formula is C92H108Br8N8. The molecule has 4 aromatic heterocycles. The number of aromatic nitrogens is 4. The third kappa shape index (κ3) is 31.6. The number of rotatable bonds is 24. The fraction of sp³-hybridized carbons (Fsp3) is 0.478. The highest BCUT2D eigenvalue weighted by Crippen LogP contribution is 2.33. The Kier molecular flexibility index (Phi) is 46.9. The van der Waals surface area contributed by atoms with Crippen LogP contribution in [0.2, 0.25) is 0 Å². The van der Waals surface area contributed by atoms with E-state index in [2.05, 4.69) is 347 Å². The van der Waals surface area contributed by atoms with Gasteiger partial charge in [-0.15, -0.1) is 0 Å². The predicted octanol–water partition coefficient (Wildman–Crippen LogP) is 5.04. The van der Waals surface area contributed by atoms with Crippen molar-refractivity contribution in [2.75, 3.05) is 75.7 Å². The Labute approximate surface area is 726 Å². The van der Waals surface area contributed by atoms with Gasteiger partial charge in [-0.2, -0.15) is 0 Å². The van der Waals surface area contributed by atoms with E-state index < -0.39 is 0 Å². The Bertz CT molecular complexity index is 3770. The SMILES string of the molecule is BrCCCC#Cc1cc(C#CCCCBr)c(C#CCCCBr)cc1C#CCCCBr.CN1CCCC1c1ccc[n+](CCCC#Cc2cc(C#CCCC[n+]3cccc(C4CCCN4C)c3)c(C#CCCC[n+]3cccc(C4CCCN4C)c3)cc2C#CCCC[n+]2cccc(C3CCCN3C)c2)c1.[Br-].[Br-].[Br-].[Br-]. The number of hydrogen-bond acceptors (Lipinski definition) is 4. The lowest BCUT2D eigenvalue weighted by Gasteiger charge is -2.18. The molecule has 108 heavy (non-hydrogen) atoms. The van der Waals surface area contributed by atoms with Crippen LogP contribution in [0.3, 0.4) is 0 Å². The standard InChI is InChI=1S/C66H82N8.C26H26Br4.4BrH/c1-67-37-21-33-63(67)59-29-17-45-71(51-59)41-13-5-9-25-55-49-57(27-11-7-15-43-73-47-19-31-61(53-73)65-35-23-39-69(65)3)58(28-12-8-16-44-74-48-20-32-62(54-74)66-36-24-40-70(66)4)50-56(55)26-10-6-14-42-72-46-18-30-60(52-72)64-34-22-38-68(64)2;27-17-9-1-5-13-23-21-25(15-7-3-11-19-29)26(16-8-4-12-20-30)22-24(23)14-6-2-10-18-28;;;;/h17-20,29-32,45-54,63-66H,5-8,13-16,21-24,33-44H2,1-4H3;21-22H,1-4,9-12,17-20H2;4*1H/q+4;;;;;/p-4. The van der Waals surface area contributed by atoms with Crippen molar-refractivity contribution in [2.24, 2.45) is 0 Å². The first kappa shape index (κ1) is 93.8. The first-order valence-corrected chi connectivity index (χ1v) is 42.9. The van der Waals surface area contributed by atoms with Crippen molar-refractivity contribution in [3.05, 3.63) is 189 Å². The van der Waals surface area contributed by atoms with E-state index in [1.165, 1.54) is 99.8 Å². The topological polar surface area (TPSA) is 28.5 Å². The van der Waals surface area contributed by atoms with Crippen LogP contribution in [0.4, 0.5) is 0 Å². The summed E-state index contributed by atoms with van der Waals surface area (Å²) in [7, 11) is 9.00. The van der Waals surface area contributed by atoms with Crippen LogP contribution in [0.5, 0.6) is 0 Å². The molecule has 0 aliphatic carbocycles. The molecule has 0 amide bonds. The maximum atomic E-state index is 3.60. The van der Waals surface area contributed by atoms with Gasteiger partial charge in [0.25, 0.3) is 0 Å². The maximum absolute atomic E-state index is 3.60. The molecule has 4 aliphatic rings. The van der Waals surface area contributed by atoms with Gasteiger partial charge in [-0.1, -0.05) is 158 Å². The monoisotopic (exact) mass is 1960 g/mol. The summed E-state index contributed by atoms with van der Waals surface area (Å²) in [6.45, 7) is 8.47. The Balaban J connectivity index is 0.000000522. The average Bonchev–Trinajstić information content (AvgIpc) is 1.84. The van der Waals surface area contributed by atoms with Crippen molar-refractivity contribution in [3.8, 4) is 94.7 Å². The minimum absolute atomic E-state index is 0. The van der Waals surface area contributed by atoms with Crippen molar-refractivity contribution < 1.29 is 86.2 Å². The zero-order valence-electron chi connectivity index (χ0n) is 63.9. The summed E-state index contributed by atoms with van der Waals surface area (Å²) in [5.74, 6) is 55.1. The highest BCUT2D eigenvalue weighted by molar-refractivity contribution is 9.09. The molecule has 8 heterocycles. The molecule has 6 aromatic rings. The van der Waals surface area contributed by atoms with Crippen molar-refractivity contribution in [1.29, 1.82) is 0 Å². The number of pyridine rings is 4. The summed E-state index contributed by atoms with van der Waals surface area (Å²) in [5.41, 5.74) is 13.3. The summed E-state index contributed by atoms with van der Waals surface area (Å²) in [6.07, 6.45) is 42.9. The minimum atomic E-state index is 0. The van der Waals surface area contributed by atoms with Crippen LogP contribution in [0.25, 0.3) is 0 Å².